The van der Waals surface area contributed by atoms with E-state index in [1.807, 2.05) is 0 Å². The van der Waals surface area contributed by atoms with Crippen molar-refractivity contribution in [2.75, 3.05) is 0 Å². The number of hydrogen-bond acceptors (Lipinski definition) is 2. The van der Waals surface area contributed by atoms with Crippen LogP contribution >= 0.6 is 0 Å². The molecular formula is C6H5NO. The zero-order chi connectivity index (χ0) is 8.43. The van der Waals surface area contributed by atoms with Crippen LogP contribution in [-0.2, 0) is 0 Å². The average Bonchev–Trinajstić information content (AvgIpc) is 2.01. The highest BCUT2D eigenvalue weighted by molar-refractivity contribution is 5.34. The van der Waals surface area contributed by atoms with Gasteiger partial charge in [-0.2, -0.15) is 0 Å². The van der Waals surface area contributed by atoms with E-state index in [1.54, 1.807) is 0 Å². The van der Waals surface area contributed by atoms with E-state index in [1.165, 1.54) is 12.1 Å². The summed E-state index contributed by atoms with van der Waals surface area (Å²) in [5, 5.41) is 2.53. The molecule has 0 heterocycles. The third-order valence-electron chi connectivity index (χ3n) is 0.686. The summed E-state index contributed by atoms with van der Waals surface area (Å²) >= 11 is 0. The standard InChI is InChI=1S/C6H5NO/c8-7-6-4-2-1-3-5-6/h1-5H/i1D,2D,4D. The summed E-state index contributed by atoms with van der Waals surface area (Å²) in [7, 11) is 0. The minimum Gasteiger partial charge on any atom is -0.145 e. The molecule has 8 heavy (non-hydrogen) atoms. The van der Waals surface area contributed by atoms with E-state index in [9.17, 15) is 4.91 Å². The predicted molar refractivity (Wildman–Crippen MR) is 31.9 cm³/mol. The summed E-state index contributed by atoms with van der Waals surface area (Å²) in [6, 6.07) is 1.92. The zero-order valence-corrected chi connectivity index (χ0v) is 4.01. The minimum absolute atomic E-state index is 0.0672. The van der Waals surface area contributed by atoms with E-state index >= 15 is 0 Å². The van der Waals surface area contributed by atoms with Crippen molar-refractivity contribution in [1.29, 1.82) is 0 Å². The third-order valence-corrected chi connectivity index (χ3v) is 0.686. The Kier molecular flexibility index (Phi) is 0.662. The SMILES string of the molecule is [2H]c1ccc(N=O)c([2H])c1[2H]. The molecule has 40 valence electrons. The lowest BCUT2D eigenvalue weighted by molar-refractivity contribution is 1.50. The monoisotopic (exact) mass is 110 g/mol. The molecule has 0 spiro atoms. The van der Waals surface area contributed by atoms with Crippen molar-refractivity contribution in [2.24, 2.45) is 5.18 Å². The van der Waals surface area contributed by atoms with Crippen LogP contribution in [0.15, 0.2) is 35.4 Å². The number of hydrogen-bond donors (Lipinski definition) is 0. The maximum Gasteiger partial charge on any atom is 0.107 e. The summed E-state index contributed by atoms with van der Waals surface area (Å²) in [6.07, 6.45) is 0. The van der Waals surface area contributed by atoms with Crippen molar-refractivity contribution in [2.45, 2.75) is 0 Å². The number of nitrogens with zero attached hydrogens (tertiary/aromatic N) is 1. The second-order valence-electron chi connectivity index (χ2n) is 1.20. The summed E-state index contributed by atoms with van der Waals surface area (Å²) in [5.41, 5.74) is -0.0917. The van der Waals surface area contributed by atoms with Crippen molar-refractivity contribution in [3.63, 3.8) is 0 Å². The number of benzene rings is 1. The Morgan fingerprint density at radius 3 is 3.25 bits per heavy atom. The molecule has 0 aromatic heterocycles. The molecule has 0 atom stereocenters. The van der Waals surface area contributed by atoms with Crippen molar-refractivity contribution in [3.8, 4) is 0 Å². The molecule has 0 aliphatic heterocycles. The predicted octanol–water partition coefficient (Wildman–Crippen LogP) is 2.08. The van der Waals surface area contributed by atoms with E-state index in [-0.39, 0.29) is 23.8 Å². The van der Waals surface area contributed by atoms with Gasteiger partial charge < -0.3 is 0 Å². The van der Waals surface area contributed by atoms with E-state index in [4.69, 9.17) is 4.11 Å². The van der Waals surface area contributed by atoms with Crippen molar-refractivity contribution >= 4 is 5.69 Å². The first-order chi connectivity index (χ1) is 5.16. The highest BCUT2D eigenvalue weighted by Gasteiger charge is 1.81. The van der Waals surface area contributed by atoms with Crippen LogP contribution in [0.2, 0.25) is 0 Å². The largest absolute Gasteiger partial charge is 0.145 e. The number of nitroso groups, excluding NO2 is 1. The van der Waals surface area contributed by atoms with Crippen molar-refractivity contribution in [1.82, 2.24) is 0 Å². The van der Waals surface area contributed by atoms with Gasteiger partial charge in [-0.05, 0) is 17.3 Å². The summed E-state index contributed by atoms with van der Waals surface area (Å²) in [5.74, 6) is 0. The second kappa shape index (κ2) is 2.21. The Hall–Kier alpha value is -1.18. The minimum atomic E-state index is -0.285. The van der Waals surface area contributed by atoms with Gasteiger partial charge >= 0.3 is 0 Å². The lowest BCUT2D eigenvalue weighted by Gasteiger charge is -1.80. The van der Waals surface area contributed by atoms with Gasteiger partial charge in [0.2, 0.25) is 0 Å². The molecule has 1 aromatic rings. The Morgan fingerprint density at radius 2 is 2.50 bits per heavy atom. The van der Waals surface area contributed by atoms with Crippen LogP contribution in [0.1, 0.15) is 4.11 Å². The Labute approximate surface area is 51.3 Å². The van der Waals surface area contributed by atoms with Crippen LogP contribution in [0.4, 0.5) is 5.69 Å². The highest BCUT2D eigenvalue weighted by atomic mass is 16.3. The number of rotatable bonds is 1. The molecule has 0 saturated heterocycles. The van der Waals surface area contributed by atoms with E-state index in [2.05, 4.69) is 5.18 Å². The topological polar surface area (TPSA) is 29.4 Å². The molecule has 0 aliphatic carbocycles. The highest BCUT2D eigenvalue weighted by Crippen LogP contribution is 2.07. The first kappa shape index (κ1) is 2.40. The molecule has 1 aromatic carbocycles. The normalized spacial score (nSPS) is 13.8. The fourth-order valence-corrected chi connectivity index (χ4v) is 0.357. The summed E-state index contributed by atoms with van der Waals surface area (Å²) < 4.78 is 21.3. The van der Waals surface area contributed by atoms with Crippen LogP contribution in [0.5, 0.6) is 0 Å². The van der Waals surface area contributed by atoms with Gasteiger partial charge in [0.15, 0.2) is 0 Å². The zero-order valence-electron chi connectivity index (χ0n) is 7.01. The van der Waals surface area contributed by atoms with Crippen LogP contribution in [0.25, 0.3) is 0 Å². The Balaban J connectivity index is 3.36. The van der Waals surface area contributed by atoms with Gasteiger partial charge in [0.05, 0.1) is 4.11 Å². The molecule has 1 rings (SSSR count). The molecule has 0 fully saturated rings. The van der Waals surface area contributed by atoms with E-state index in [0.717, 1.165) is 0 Å². The Morgan fingerprint density at radius 1 is 1.62 bits per heavy atom. The molecule has 0 amide bonds. The molecule has 0 unspecified atom stereocenters. The fraction of sp³-hybridized carbons (Fsp3) is 0. The van der Waals surface area contributed by atoms with Gasteiger partial charge in [-0.25, -0.2) is 0 Å². The van der Waals surface area contributed by atoms with Gasteiger partial charge in [0.25, 0.3) is 0 Å². The quantitative estimate of drug-likeness (QED) is 0.509. The molecular weight excluding hydrogens is 102 g/mol. The smallest absolute Gasteiger partial charge is 0.107 e. The maximum atomic E-state index is 9.98. The summed E-state index contributed by atoms with van der Waals surface area (Å²) in [4.78, 5) is 9.98. The van der Waals surface area contributed by atoms with Crippen LogP contribution in [0, 0.1) is 4.91 Å². The van der Waals surface area contributed by atoms with Gasteiger partial charge in [-0.15, -0.1) is 4.91 Å². The fourth-order valence-electron chi connectivity index (χ4n) is 0.357. The first-order valence-corrected chi connectivity index (χ1v) is 2.07. The molecule has 0 N–H and O–H groups in total. The summed E-state index contributed by atoms with van der Waals surface area (Å²) in [6.45, 7) is 0. The van der Waals surface area contributed by atoms with E-state index < -0.39 is 0 Å². The van der Waals surface area contributed by atoms with Gasteiger partial charge in [0, 0.05) is 0 Å². The molecule has 0 radical (unpaired) electrons. The molecule has 2 nitrogen and oxygen atoms in total. The van der Waals surface area contributed by atoms with Gasteiger partial charge in [0.1, 0.15) is 5.69 Å². The average molecular weight is 110 g/mol. The first-order valence-electron chi connectivity index (χ1n) is 3.57. The third kappa shape index (κ3) is 0.904. The van der Waals surface area contributed by atoms with Gasteiger partial charge in [-0.3, -0.25) is 0 Å². The maximum absolute atomic E-state index is 9.98. The molecule has 0 saturated carbocycles. The Bertz CT molecular complexity index is 300. The molecule has 0 bridgehead atoms. The second-order valence-corrected chi connectivity index (χ2v) is 1.20. The van der Waals surface area contributed by atoms with E-state index in [0.29, 0.717) is 0 Å². The van der Waals surface area contributed by atoms with Crippen molar-refractivity contribution in [3.05, 3.63) is 35.2 Å². The molecule has 0 aliphatic rings. The molecule has 2 heteroatoms. The van der Waals surface area contributed by atoms with Crippen molar-refractivity contribution < 1.29 is 4.11 Å². The van der Waals surface area contributed by atoms with Gasteiger partial charge in [-0.1, -0.05) is 18.2 Å². The van der Waals surface area contributed by atoms with Crippen LogP contribution < -0.4 is 0 Å². The lowest BCUT2D eigenvalue weighted by Crippen LogP contribution is -1.56. The van der Waals surface area contributed by atoms with Crippen LogP contribution in [-0.4, -0.2) is 0 Å². The lowest BCUT2D eigenvalue weighted by atomic mass is 10.3. The van der Waals surface area contributed by atoms with Crippen LogP contribution in [0.3, 0.4) is 0 Å².